The van der Waals surface area contributed by atoms with E-state index in [1.165, 1.54) is 11.8 Å². The summed E-state index contributed by atoms with van der Waals surface area (Å²) in [6.45, 7) is 4.17. The first-order chi connectivity index (χ1) is 16.5. The Hall–Kier alpha value is -3.79. The number of carbonyl (C=O) groups is 1. The molecule has 0 aliphatic carbocycles. The van der Waals surface area contributed by atoms with Gasteiger partial charge in [0, 0.05) is 7.05 Å². The maximum atomic E-state index is 12.7. The molecule has 1 aliphatic heterocycles. The fourth-order valence-corrected chi connectivity index (χ4v) is 4.55. The molecule has 1 atom stereocenters. The van der Waals surface area contributed by atoms with E-state index in [0.29, 0.717) is 29.1 Å². The fourth-order valence-electron chi connectivity index (χ4n) is 3.83. The van der Waals surface area contributed by atoms with E-state index in [4.69, 9.17) is 9.47 Å². The molecule has 0 bridgehead atoms. The molecule has 0 saturated heterocycles. The van der Waals surface area contributed by atoms with Gasteiger partial charge in [0.2, 0.25) is 5.91 Å². The molecule has 2 aromatic carbocycles. The third-order valence-electron chi connectivity index (χ3n) is 5.55. The van der Waals surface area contributed by atoms with Gasteiger partial charge in [0.1, 0.15) is 6.61 Å². The normalized spacial score (nSPS) is 14.7. The van der Waals surface area contributed by atoms with Crippen molar-refractivity contribution in [1.82, 2.24) is 24.5 Å². The molecular weight excluding hydrogens is 452 g/mol. The predicted molar refractivity (Wildman–Crippen MR) is 129 cm³/mol. The van der Waals surface area contributed by atoms with Crippen molar-refractivity contribution in [2.45, 2.75) is 25.1 Å². The fraction of sp³-hybridized carbons (Fsp3) is 0.250. The lowest BCUT2D eigenvalue weighted by atomic mass is 10.2. The molecule has 0 spiro atoms. The van der Waals surface area contributed by atoms with Crippen molar-refractivity contribution in [3.8, 4) is 17.2 Å². The number of fused-ring (bicyclic) bond motifs is 1. The monoisotopic (exact) mass is 476 g/mol. The Morgan fingerprint density at radius 3 is 2.62 bits per heavy atom. The molecule has 4 aromatic rings. The third kappa shape index (κ3) is 4.24. The minimum absolute atomic E-state index is 0.139. The van der Waals surface area contributed by atoms with Gasteiger partial charge >= 0.3 is 0 Å². The standard InChI is InChI=1S/C24H24N6O3S/c1-15-22(16(2)30(28-15)17-9-5-4-6-10-17)25-21(31)14-34-24-27-26-23(29(24)3)20-13-32-18-11-7-8-12-19(18)33-20/h4-12,20H,13-14H2,1-3H3,(H,25,31)/t20-/m1/s1. The number of thioether (sulfide) groups is 1. The van der Waals surface area contributed by atoms with Gasteiger partial charge in [0.05, 0.1) is 28.5 Å². The summed E-state index contributed by atoms with van der Waals surface area (Å²) >= 11 is 1.31. The summed E-state index contributed by atoms with van der Waals surface area (Å²) in [6, 6.07) is 17.4. The first-order valence-corrected chi connectivity index (χ1v) is 11.8. The van der Waals surface area contributed by atoms with Crippen molar-refractivity contribution in [2.24, 2.45) is 7.05 Å². The second kappa shape index (κ2) is 9.22. The SMILES string of the molecule is Cc1nn(-c2ccccc2)c(C)c1NC(=O)CSc1nnc([C@H]2COc3ccccc3O2)n1C. The van der Waals surface area contributed by atoms with Crippen molar-refractivity contribution in [3.63, 3.8) is 0 Å². The number of rotatable bonds is 6. The Balaban J connectivity index is 1.23. The molecule has 3 heterocycles. The molecule has 1 aliphatic rings. The van der Waals surface area contributed by atoms with Crippen LogP contribution < -0.4 is 14.8 Å². The van der Waals surface area contributed by atoms with E-state index in [9.17, 15) is 4.79 Å². The van der Waals surface area contributed by atoms with Gasteiger partial charge < -0.3 is 19.4 Å². The molecule has 0 radical (unpaired) electrons. The van der Waals surface area contributed by atoms with E-state index in [2.05, 4.69) is 20.6 Å². The Bertz CT molecular complexity index is 1330. The zero-order chi connectivity index (χ0) is 23.7. The smallest absolute Gasteiger partial charge is 0.234 e. The second-order valence-electron chi connectivity index (χ2n) is 7.89. The molecule has 2 aromatic heterocycles. The first-order valence-electron chi connectivity index (χ1n) is 10.8. The van der Waals surface area contributed by atoms with Crippen LogP contribution in [0.5, 0.6) is 11.5 Å². The van der Waals surface area contributed by atoms with E-state index in [0.717, 1.165) is 22.8 Å². The molecule has 10 heteroatoms. The topological polar surface area (TPSA) is 96.1 Å². The van der Waals surface area contributed by atoms with Gasteiger partial charge in [0.25, 0.3) is 0 Å². The third-order valence-corrected chi connectivity index (χ3v) is 6.57. The molecule has 5 rings (SSSR count). The molecular formula is C24H24N6O3S. The van der Waals surface area contributed by atoms with Gasteiger partial charge in [-0.1, -0.05) is 42.1 Å². The van der Waals surface area contributed by atoms with Gasteiger partial charge in [-0.05, 0) is 38.1 Å². The van der Waals surface area contributed by atoms with E-state index < -0.39 is 0 Å². The number of benzene rings is 2. The number of anilines is 1. The number of hydrogen-bond donors (Lipinski definition) is 1. The van der Waals surface area contributed by atoms with Crippen LogP contribution in [0, 0.1) is 13.8 Å². The highest BCUT2D eigenvalue weighted by Crippen LogP contribution is 2.35. The van der Waals surface area contributed by atoms with Crippen LogP contribution in [0.4, 0.5) is 5.69 Å². The Morgan fingerprint density at radius 1 is 1.09 bits per heavy atom. The Morgan fingerprint density at radius 2 is 1.82 bits per heavy atom. The molecule has 0 saturated carbocycles. The van der Waals surface area contributed by atoms with E-state index >= 15 is 0 Å². The quantitative estimate of drug-likeness (QED) is 0.422. The van der Waals surface area contributed by atoms with Gasteiger partial charge in [-0.15, -0.1) is 10.2 Å². The number of hydrogen-bond acceptors (Lipinski definition) is 7. The van der Waals surface area contributed by atoms with Crippen LogP contribution in [0.25, 0.3) is 5.69 Å². The van der Waals surface area contributed by atoms with Gasteiger partial charge in [-0.25, -0.2) is 4.68 Å². The van der Waals surface area contributed by atoms with Crippen molar-refractivity contribution in [1.29, 1.82) is 0 Å². The number of aromatic nitrogens is 5. The molecule has 1 amide bonds. The van der Waals surface area contributed by atoms with E-state index in [1.54, 1.807) is 0 Å². The van der Waals surface area contributed by atoms with E-state index in [-0.39, 0.29) is 17.8 Å². The van der Waals surface area contributed by atoms with Crippen LogP contribution in [0.15, 0.2) is 59.8 Å². The highest BCUT2D eigenvalue weighted by Gasteiger charge is 2.27. The van der Waals surface area contributed by atoms with Crippen LogP contribution in [-0.4, -0.2) is 42.8 Å². The number of aryl methyl sites for hydroxylation is 1. The summed E-state index contributed by atoms with van der Waals surface area (Å²) in [7, 11) is 1.86. The zero-order valence-electron chi connectivity index (χ0n) is 19.1. The summed E-state index contributed by atoms with van der Waals surface area (Å²) in [5, 5.41) is 16.7. The minimum Gasteiger partial charge on any atom is -0.485 e. The number of amides is 1. The Labute approximate surface area is 201 Å². The number of carbonyl (C=O) groups excluding carboxylic acids is 1. The number of nitrogens with zero attached hydrogens (tertiary/aromatic N) is 5. The highest BCUT2D eigenvalue weighted by molar-refractivity contribution is 7.99. The number of para-hydroxylation sites is 3. The number of nitrogens with one attached hydrogen (secondary N) is 1. The van der Waals surface area contributed by atoms with Crippen molar-refractivity contribution in [3.05, 3.63) is 71.8 Å². The summed E-state index contributed by atoms with van der Waals surface area (Å²) in [5.41, 5.74) is 3.30. The lowest BCUT2D eigenvalue weighted by Crippen LogP contribution is -2.24. The molecule has 1 N–H and O–H groups in total. The Kier molecular flexibility index (Phi) is 5.97. The van der Waals surface area contributed by atoms with Crippen molar-refractivity contribution in [2.75, 3.05) is 17.7 Å². The first kappa shape index (κ1) is 22.0. The molecule has 9 nitrogen and oxygen atoms in total. The lowest BCUT2D eigenvalue weighted by Gasteiger charge is -2.25. The van der Waals surface area contributed by atoms with Crippen LogP contribution in [-0.2, 0) is 11.8 Å². The molecule has 34 heavy (non-hydrogen) atoms. The van der Waals surface area contributed by atoms with E-state index in [1.807, 2.05) is 84.7 Å². The zero-order valence-corrected chi connectivity index (χ0v) is 19.9. The average Bonchev–Trinajstić information content (AvgIpc) is 3.37. The summed E-state index contributed by atoms with van der Waals surface area (Å²) in [5.74, 6) is 2.09. The molecule has 0 fully saturated rings. The second-order valence-corrected chi connectivity index (χ2v) is 8.84. The van der Waals surface area contributed by atoms with Crippen molar-refractivity contribution >= 4 is 23.4 Å². The van der Waals surface area contributed by atoms with Crippen LogP contribution >= 0.6 is 11.8 Å². The maximum Gasteiger partial charge on any atom is 0.234 e. The van der Waals surface area contributed by atoms with Crippen LogP contribution in [0.2, 0.25) is 0 Å². The summed E-state index contributed by atoms with van der Waals surface area (Å²) in [4.78, 5) is 12.7. The lowest BCUT2D eigenvalue weighted by molar-refractivity contribution is -0.113. The highest BCUT2D eigenvalue weighted by atomic mass is 32.2. The van der Waals surface area contributed by atoms with Crippen LogP contribution in [0.1, 0.15) is 23.3 Å². The molecule has 174 valence electrons. The van der Waals surface area contributed by atoms with Crippen LogP contribution in [0.3, 0.4) is 0 Å². The van der Waals surface area contributed by atoms with Gasteiger partial charge in [-0.2, -0.15) is 5.10 Å². The van der Waals surface area contributed by atoms with Gasteiger partial charge in [-0.3, -0.25) is 4.79 Å². The van der Waals surface area contributed by atoms with Gasteiger partial charge in [0.15, 0.2) is 28.6 Å². The van der Waals surface area contributed by atoms with Crippen molar-refractivity contribution < 1.29 is 14.3 Å². The maximum absolute atomic E-state index is 12.7. The number of ether oxygens (including phenoxy) is 2. The average molecular weight is 477 g/mol. The predicted octanol–water partition coefficient (Wildman–Crippen LogP) is 3.86. The minimum atomic E-state index is -0.371. The molecule has 0 unspecified atom stereocenters. The summed E-state index contributed by atoms with van der Waals surface area (Å²) in [6.07, 6.45) is -0.371. The largest absolute Gasteiger partial charge is 0.485 e. The summed E-state index contributed by atoms with van der Waals surface area (Å²) < 4.78 is 15.5.